The van der Waals surface area contributed by atoms with Gasteiger partial charge in [0, 0.05) is 31.1 Å². The van der Waals surface area contributed by atoms with Crippen LogP contribution in [0, 0.1) is 11.8 Å². The SMILES string of the molecule is CN1CCC(C(=O)C2CCN(c3cnccc3N)CC2)CC1. The predicted molar refractivity (Wildman–Crippen MR) is 88.8 cm³/mol. The number of hydrogen-bond donors (Lipinski definition) is 1. The van der Waals surface area contributed by atoms with E-state index in [1.165, 1.54) is 0 Å². The fourth-order valence-electron chi connectivity index (χ4n) is 3.69. The highest BCUT2D eigenvalue weighted by Crippen LogP contribution is 2.30. The van der Waals surface area contributed by atoms with E-state index in [9.17, 15) is 4.79 Å². The van der Waals surface area contributed by atoms with Gasteiger partial charge in [0.05, 0.1) is 17.6 Å². The van der Waals surface area contributed by atoms with Gasteiger partial charge in [-0.15, -0.1) is 0 Å². The summed E-state index contributed by atoms with van der Waals surface area (Å²) < 4.78 is 0. The Hall–Kier alpha value is -1.62. The smallest absolute Gasteiger partial charge is 0.139 e. The van der Waals surface area contributed by atoms with Crippen LogP contribution in [0.25, 0.3) is 0 Å². The summed E-state index contributed by atoms with van der Waals surface area (Å²) in [6.07, 6.45) is 7.50. The molecule has 0 amide bonds. The summed E-state index contributed by atoms with van der Waals surface area (Å²) in [6.45, 7) is 3.92. The molecular formula is C17H26N4O. The molecular weight excluding hydrogens is 276 g/mol. The second kappa shape index (κ2) is 6.65. The lowest BCUT2D eigenvalue weighted by Crippen LogP contribution is -2.41. The standard InChI is InChI=1S/C17H26N4O/c1-20-8-3-13(4-9-20)17(22)14-5-10-21(11-6-14)16-12-19-7-2-15(16)18/h2,7,12-14H,3-6,8-11H2,1H3,(H2,18,19). The number of likely N-dealkylation sites (tertiary alicyclic amines) is 1. The zero-order valence-electron chi connectivity index (χ0n) is 13.4. The molecule has 3 heterocycles. The summed E-state index contributed by atoms with van der Waals surface area (Å²) in [7, 11) is 2.14. The molecule has 120 valence electrons. The number of rotatable bonds is 3. The van der Waals surface area contributed by atoms with Crippen molar-refractivity contribution in [1.82, 2.24) is 9.88 Å². The third-order valence-corrected chi connectivity index (χ3v) is 5.19. The van der Waals surface area contributed by atoms with Crippen molar-refractivity contribution in [3.05, 3.63) is 18.5 Å². The summed E-state index contributed by atoms with van der Waals surface area (Å²) in [5.41, 5.74) is 7.80. The minimum Gasteiger partial charge on any atom is -0.397 e. The molecule has 0 atom stereocenters. The topological polar surface area (TPSA) is 62.5 Å². The molecule has 1 aromatic rings. The largest absolute Gasteiger partial charge is 0.397 e. The number of anilines is 2. The minimum absolute atomic E-state index is 0.238. The van der Waals surface area contributed by atoms with Crippen LogP contribution in [0.15, 0.2) is 18.5 Å². The number of piperidine rings is 2. The van der Waals surface area contributed by atoms with Crippen LogP contribution in [0.4, 0.5) is 11.4 Å². The Kier molecular flexibility index (Phi) is 4.62. The maximum absolute atomic E-state index is 12.7. The Bertz CT molecular complexity index is 517. The molecule has 0 bridgehead atoms. The fraction of sp³-hybridized carbons (Fsp3) is 0.647. The molecule has 2 saturated heterocycles. The van der Waals surface area contributed by atoms with Crippen molar-refractivity contribution in [3.8, 4) is 0 Å². The lowest BCUT2D eigenvalue weighted by atomic mass is 9.81. The number of Topliss-reactive ketones (excluding diaryl/α,β-unsaturated/α-hetero) is 1. The van der Waals surface area contributed by atoms with Crippen molar-refractivity contribution in [3.63, 3.8) is 0 Å². The number of ketones is 1. The summed E-state index contributed by atoms with van der Waals surface area (Å²) in [5.74, 6) is 1.03. The third-order valence-electron chi connectivity index (χ3n) is 5.19. The Morgan fingerprint density at radius 2 is 1.73 bits per heavy atom. The van der Waals surface area contributed by atoms with Gasteiger partial charge >= 0.3 is 0 Å². The van der Waals surface area contributed by atoms with Crippen LogP contribution in [0.5, 0.6) is 0 Å². The quantitative estimate of drug-likeness (QED) is 0.922. The normalized spacial score (nSPS) is 22.0. The third kappa shape index (κ3) is 3.24. The van der Waals surface area contributed by atoms with Gasteiger partial charge in [-0.2, -0.15) is 0 Å². The van der Waals surface area contributed by atoms with Crippen LogP contribution in [0.3, 0.4) is 0 Å². The molecule has 0 aliphatic carbocycles. The zero-order valence-corrected chi connectivity index (χ0v) is 13.4. The molecule has 2 aliphatic rings. The van der Waals surface area contributed by atoms with Gasteiger partial charge in [0.25, 0.3) is 0 Å². The first-order valence-corrected chi connectivity index (χ1v) is 8.32. The second-order valence-corrected chi connectivity index (χ2v) is 6.68. The minimum atomic E-state index is 0.238. The Balaban J connectivity index is 1.55. The van der Waals surface area contributed by atoms with Gasteiger partial charge in [0.2, 0.25) is 0 Å². The van der Waals surface area contributed by atoms with E-state index in [2.05, 4.69) is 21.8 Å². The van der Waals surface area contributed by atoms with Crippen LogP contribution in [-0.4, -0.2) is 48.9 Å². The van der Waals surface area contributed by atoms with Gasteiger partial charge in [-0.05, 0) is 51.9 Å². The maximum Gasteiger partial charge on any atom is 0.139 e. The van der Waals surface area contributed by atoms with Crippen LogP contribution in [0.2, 0.25) is 0 Å². The van der Waals surface area contributed by atoms with Crippen LogP contribution < -0.4 is 10.6 Å². The molecule has 22 heavy (non-hydrogen) atoms. The van der Waals surface area contributed by atoms with Crippen molar-refractivity contribution >= 4 is 17.2 Å². The molecule has 0 aromatic carbocycles. The molecule has 2 fully saturated rings. The first-order chi connectivity index (χ1) is 10.6. The van der Waals surface area contributed by atoms with Crippen molar-refractivity contribution in [2.45, 2.75) is 25.7 Å². The Morgan fingerprint density at radius 3 is 2.32 bits per heavy atom. The summed E-state index contributed by atoms with van der Waals surface area (Å²) in [4.78, 5) is 21.4. The molecule has 2 aliphatic heterocycles. The van der Waals surface area contributed by atoms with Crippen molar-refractivity contribution in [1.29, 1.82) is 0 Å². The maximum atomic E-state index is 12.7. The van der Waals surface area contributed by atoms with E-state index in [1.807, 2.05) is 12.3 Å². The average molecular weight is 302 g/mol. The van der Waals surface area contributed by atoms with Crippen LogP contribution in [-0.2, 0) is 4.79 Å². The summed E-state index contributed by atoms with van der Waals surface area (Å²) >= 11 is 0. The molecule has 0 saturated carbocycles. The second-order valence-electron chi connectivity index (χ2n) is 6.68. The lowest BCUT2D eigenvalue weighted by molar-refractivity contribution is -0.128. The number of nitrogens with two attached hydrogens (primary N) is 1. The van der Waals surface area contributed by atoms with E-state index in [4.69, 9.17) is 5.73 Å². The van der Waals surface area contributed by atoms with Crippen molar-refractivity contribution in [2.75, 3.05) is 43.9 Å². The molecule has 0 spiro atoms. The van der Waals surface area contributed by atoms with Gasteiger partial charge in [-0.25, -0.2) is 0 Å². The highest BCUT2D eigenvalue weighted by Gasteiger charge is 2.32. The van der Waals surface area contributed by atoms with Gasteiger partial charge < -0.3 is 15.5 Å². The molecule has 0 radical (unpaired) electrons. The first-order valence-electron chi connectivity index (χ1n) is 8.32. The van der Waals surface area contributed by atoms with Gasteiger partial charge in [0.1, 0.15) is 5.78 Å². The van der Waals surface area contributed by atoms with E-state index in [1.54, 1.807) is 6.20 Å². The molecule has 2 N–H and O–H groups in total. The van der Waals surface area contributed by atoms with Crippen molar-refractivity contribution < 1.29 is 4.79 Å². The van der Waals surface area contributed by atoms with Crippen molar-refractivity contribution in [2.24, 2.45) is 11.8 Å². The number of carbonyl (C=O) groups excluding carboxylic acids is 1. The number of hydrogen-bond acceptors (Lipinski definition) is 5. The summed E-state index contributed by atoms with van der Waals surface area (Å²) in [6, 6.07) is 1.84. The highest BCUT2D eigenvalue weighted by atomic mass is 16.1. The van der Waals surface area contributed by atoms with E-state index in [0.717, 1.165) is 63.2 Å². The number of pyridine rings is 1. The predicted octanol–water partition coefficient (Wildman–Crippen LogP) is 1.79. The number of nitrogen functional groups attached to an aromatic ring is 1. The highest BCUT2D eigenvalue weighted by molar-refractivity contribution is 5.84. The zero-order chi connectivity index (χ0) is 15.5. The molecule has 0 unspecified atom stereocenters. The molecule has 3 rings (SSSR count). The lowest BCUT2D eigenvalue weighted by Gasteiger charge is -2.36. The molecule has 5 heteroatoms. The number of carbonyl (C=O) groups is 1. The molecule has 5 nitrogen and oxygen atoms in total. The first kappa shape index (κ1) is 15.3. The monoisotopic (exact) mass is 302 g/mol. The van der Waals surface area contributed by atoms with E-state index < -0.39 is 0 Å². The Morgan fingerprint density at radius 1 is 1.14 bits per heavy atom. The van der Waals surface area contributed by atoms with E-state index in [0.29, 0.717) is 5.78 Å². The van der Waals surface area contributed by atoms with Crippen LogP contribution >= 0.6 is 0 Å². The number of aromatic nitrogens is 1. The number of nitrogens with zero attached hydrogens (tertiary/aromatic N) is 3. The molecule has 1 aromatic heterocycles. The average Bonchev–Trinajstić information content (AvgIpc) is 2.56. The van der Waals surface area contributed by atoms with Gasteiger partial charge in [0.15, 0.2) is 0 Å². The fourth-order valence-corrected chi connectivity index (χ4v) is 3.69. The van der Waals surface area contributed by atoms with E-state index >= 15 is 0 Å². The summed E-state index contributed by atoms with van der Waals surface area (Å²) in [5, 5.41) is 0. The Labute approximate surface area is 132 Å². The van der Waals surface area contributed by atoms with Crippen LogP contribution in [0.1, 0.15) is 25.7 Å². The van der Waals surface area contributed by atoms with Gasteiger partial charge in [-0.3, -0.25) is 9.78 Å². The van der Waals surface area contributed by atoms with E-state index in [-0.39, 0.29) is 11.8 Å². The van der Waals surface area contributed by atoms with Gasteiger partial charge in [-0.1, -0.05) is 0 Å².